The van der Waals surface area contributed by atoms with E-state index in [-0.39, 0.29) is 31.1 Å². The predicted molar refractivity (Wildman–Crippen MR) is 192 cm³/mol. The molecule has 0 aliphatic rings. The maximum atomic E-state index is 12.6. The number of esters is 3. The van der Waals surface area contributed by atoms with Crippen molar-refractivity contribution in [1.29, 1.82) is 0 Å². The molecule has 6 heteroatoms. The first-order valence-corrected chi connectivity index (χ1v) is 19.9. The van der Waals surface area contributed by atoms with Crippen LogP contribution in [0.1, 0.15) is 214 Å². The summed E-state index contributed by atoms with van der Waals surface area (Å²) in [7, 11) is 0. The maximum Gasteiger partial charge on any atom is 0.306 e. The van der Waals surface area contributed by atoms with Crippen LogP contribution < -0.4 is 0 Å². The second kappa shape index (κ2) is 34.7. The molecule has 0 N–H and O–H groups in total. The van der Waals surface area contributed by atoms with Gasteiger partial charge in [-0.1, -0.05) is 175 Å². The Balaban J connectivity index is 4.32. The van der Waals surface area contributed by atoms with Crippen molar-refractivity contribution in [2.75, 3.05) is 13.2 Å². The van der Waals surface area contributed by atoms with E-state index in [1.165, 1.54) is 109 Å². The van der Waals surface area contributed by atoms with Crippen LogP contribution in [0.5, 0.6) is 0 Å². The molecular weight excluding hydrogens is 576 g/mol. The molecule has 0 radical (unpaired) electrons. The van der Waals surface area contributed by atoms with Crippen molar-refractivity contribution in [2.24, 2.45) is 5.92 Å². The Bertz CT molecular complexity index is 691. The zero-order chi connectivity index (χ0) is 33.9. The van der Waals surface area contributed by atoms with E-state index in [1.807, 2.05) is 0 Å². The number of hydrogen-bond acceptors (Lipinski definition) is 6. The molecule has 0 spiro atoms. The molecule has 0 aromatic heterocycles. The van der Waals surface area contributed by atoms with Crippen molar-refractivity contribution in [3.05, 3.63) is 0 Å². The molecule has 0 fully saturated rings. The average molecular weight is 653 g/mol. The normalized spacial score (nSPS) is 11.9. The summed E-state index contributed by atoms with van der Waals surface area (Å²) >= 11 is 0. The van der Waals surface area contributed by atoms with Crippen molar-refractivity contribution in [3.8, 4) is 0 Å². The lowest BCUT2D eigenvalue weighted by atomic mass is 10.0. The van der Waals surface area contributed by atoms with Crippen LogP contribution in [0.4, 0.5) is 0 Å². The molecule has 46 heavy (non-hydrogen) atoms. The predicted octanol–water partition coefficient (Wildman–Crippen LogP) is 12.0. The largest absolute Gasteiger partial charge is 0.462 e. The number of carbonyl (C=O) groups is 3. The Morgan fingerprint density at radius 1 is 0.413 bits per heavy atom. The third-order valence-electron chi connectivity index (χ3n) is 8.79. The van der Waals surface area contributed by atoms with Crippen molar-refractivity contribution in [3.63, 3.8) is 0 Å². The molecule has 0 aliphatic heterocycles. The molecule has 0 heterocycles. The molecule has 0 rings (SSSR count). The summed E-state index contributed by atoms with van der Waals surface area (Å²) in [6.45, 7) is 8.85. The molecule has 0 bridgehead atoms. The van der Waals surface area contributed by atoms with E-state index in [0.29, 0.717) is 19.3 Å². The SMILES string of the molecule is CCCCCCCCCCCCCCC(=O)O[C@@H](COC(=O)CCCCCCCCC)COC(=O)CCCCCCCCC(C)C. The Morgan fingerprint density at radius 2 is 0.717 bits per heavy atom. The molecule has 0 aromatic carbocycles. The molecule has 0 unspecified atom stereocenters. The topological polar surface area (TPSA) is 78.9 Å². The summed E-state index contributed by atoms with van der Waals surface area (Å²) in [6, 6.07) is 0. The van der Waals surface area contributed by atoms with Gasteiger partial charge in [-0.25, -0.2) is 0 Å². The van der Waals surface area contributed by atoms with Gasteiger partial charge >= 0.3 is 17.9 Å². The quantitative estimate of drug-likeness (QED) is 0.0385. The Kier molecular flexibility index (Phi) is 33.5. The third-order valence-corrected chi connectivity index (χ3v) is 8.79. The van der Waals surface area contributed by atoms with Gasteiger partial charge in [0.1, 0.15) is 13.2 Å². The van der Waals surface area contributed by atoms with Crippen LogP contribution in [0.15, 0.2) is 0 Å². The fraction of sp³-hybridized carbons (Fsp3) is 0.925. The lowest BCUT2D eigenvalue weighted by Gasteiger charge is -2.18. The summed E-state index contributed by atoms with van der Waals surface area (Å²) < 4.78 is 16.6. The molecule has 0 saturated heterocycles. The molecule has 272 valence electrons. The van der Waals surface area contributed by atoms with Crippen molar-refractivity contribution in [2.45, 2.75) is 220 Å². The van der Waals surface area contributed by atoms with E-state index < -0.39 is 6.10 Å². The van der Waals surface area contributed by atoms with Crippen molar-refractivity contribution < 1.29 is 28.6 Å². The smallest absolute Gasteiger partial charge is 0.306 e. The van der Waals surface area contributed by atoms with Crippen LogP contribution in [0.25, 0.3) is 0 Å². The van der Waals surface area contributed by atoms with E-state index in [9.17, 15) is 14.4 Å². The van der Waals surface area contributed by atoms with Crippen LogP contribution in [-0.4, -0.2) is 37.2 Å². The standard InChI is InChI=1S/C40H76O6/c1-5-7-9-11-13-14-15-16-17-19-25-29-33-40(43)46-37(34-44-38(41)31-27-23-18-12-10-8-6-2)35-45-39(42)32-28-24-21-20-22-26-30-36(3)4/h36-37H,5-35H2,1-4H3/t37-/m0/s1. The molecule has 0 saturated carbocycles. The lowest BCUT2D eigenvalue weighted by Crippen LogP contribution is -2.30. The molecular formula is C40H76O6. The molecule has 1 atom stereocenters. The minimum atomic E-state index is -0.757. The summed E-state index contributed by atoms with van der Waals surface area (Å²) in [5.41, 5.74) is 0. The number of ether oxygens (including phenoxy) is 3. The Hall–Kier alpha value is -1.59. The summed E-state index contributed by atoms with van der Waals surface area (Å²) in [4.78, 5) is 37.3. The van der Waals surface area contributed by atoms with E-state index in [2.05, 4.69) is 27.7 Å². The average Bonchev–Trinajstić information content (AvgIpc) is 3.03. The van der Waals surface area contributed by atoms with Gasteiger partial charge in [0.05, 0.1) is 0 Å². The second-order valence-electron chi connectivity index (χ2n) is 14.0. The van der Waals surface area contributed by atoms with Gasteiger partial charge in [-0.05, 0) is 25.2 Å². The fourth-order valence-corrected chi connectivity index (χ4v) is 5.74. The molecule has 6 nitrogen and oxygen atoms in total. The number of rotatable bonds is 35. The Morgan fingerprint density at radius 3 is 1.07 bits per heavy atom. The fourth-order valence-electron chi connectivity index (χ4n) is 5.74. The van der Waals surface area contributed by atoms with Crippen LogP contribution in [0.3, 0.4) is 0 Å². The first-order valence-electron chi connectivity index (χ1n) is 19.9. The van der Waals surface area contributed by atoms with Crippen LogP contribution in [0.2, 0.25) is 0 Å². The van der Waals surface area contributed by atoms with Gasteiger partial charge in [0.25, 0.3) is 0 Å². The van der Waals surface area contributed by atoms with Crippen molar-refractivity contribution >= 4 is 17.9 Å². The van der Waals surface area contributed by atoms with Gasteiger partial charge in [-0.2, -0.15) is 0 Å². The number of hydrogen-bond donors (Lipinski definition) is 0. The first-order chi connectivity index (χ1) is 22.4. The highest BCUT2D eigenvalue weighted by atomic mass is 16.6. The first kappa shape index (κ1) is 44.4. The summed E-state index contributed by atoms with van der Waals surface area (Å²) in [5, 5.41) is 0. The minimum Gasteiger partial charge on any atom is -0.462 e. The minimum absolute atomic E-state index is 0.0663. The van der Waals surface area contributed by atoms with E-state index in [0.717, 1.165) is 63.7 Å². The van der Waals surface area contributed by atoms with Gasteiger partial charge in [0.2, 0.25) is 0 Å². The number of carbonyl (C=O) groups excluding carboxylic acids is 3. The Labute approximate surface area is 285 Å². The summed E-state index contributed by atoms with van der Waals surface area (Å²) in [5.74, 6) is -0.110. The van der Waals surface area contributed by atoms with E-state index >= 15 is 0 Å². The monoisotopic (exact) mass is 653 g/mol. The lowest BCUT2D eigenvalue weighted by molar-refractivity contribution is -0.167. The van der Waals surface area contributed by atoms with E-state index in [4.69, 9.17) is 14.2 Å². The van der Waals surface area contributed by atoms with Gasteiger partial charge in [0.15, 0.2) is 6.10 Å². The maximum absolute atomic E-state index is 12.6. The van der Waals surface area contributed by atoms with Gasteiger partial charge in [-0.15, -0.1) is 0 Å². The number of unbranched alkanes of at least 4 members (excludes halogenated alkanes) is 22. The molecule has 0 aliphatic carbocycles. The molecule has 0 aromatic rings. The highest BCUT2D eigenvalue weighted by molar-refractivity contribution is 5.71. The second-order valence-corrected chi connectivity index (χ2v) is 14.0. The van der Waals surface area contributed by atoms with Gasteiger partial charge in [0, 0.05) is 19.3 Å². The van der Waals surface area contributed by atoms with Gasteiger partial charge in [-0.3, -0.25) is 14.4 Å². The van der Waals surface area contributed by atoms with Crippen LogP contribution >= 0.6 is 0 Å². The highest BCUT2D eigenvalue weighted by Crippen LogP contribution is 2.15. The molecule has 0 amide bonds. The van der Waals surface area contributed by atoms with Crippen LogP contribution in [-0.2, 0) is 28.6 Å². The zero-order valence-electron chi connectivity index (χ0n) is 31.0. The van der Waals surface area contributed by atoms with Crippen LogP contribution in [0, 0.1) is 5.92 Å². The highest BCUT2D eigenvalue weighted by Gasteiger charge is 2.19. The van der Waals surface area contributed by atoms with Gasteiger partial charge < -0.3 is 14.2 Å². The summed E-state index contributed by atoms with van der Waals surface area (Å²) in [6.07, 6.45) is 31.1. The van der Waals surface area contributed by atoms with E-state index in [1.54, 1.807) is 0 Å². The van der Waals surface area contributed by atoms with Crippen molar-refractivity contribution in [1.82, 2.24) is 0 Å². The zero-order valence-corrected chi connectivity index (χ0v) is 31.0. The third kappa shape index (κ3) is 33.8.